The Labute approximate surface area is 205 Å². The number of hydrazone groups is 1. The van der Waals surface area contributed by atoms with Crippen LogP contribution in [-0.2, 0) is 6.42 Å². The number of non-ortho nitro benzene ring substituents is 1. The van der Waals surface area contributed by atoms with Crippen LogP contribution in [0.2, 0.25) is 0 Å². The predicted molar refractivity (Wildman–Crippen MR) is 130 cm³/mol. The highest BCUT2D eigenvalue weighted by atomic mass is 16.6. The van der Waals surface area contributed by atoms with Crippen molar-refractivity contribution in [2.24, 2.45) is 5.10 Å². The van der Waals surface area contributed by atoms with E-state index < -0.39 is 22.6 Å². The Hall–Kier alpha value is -4.80. The van der Waals surface area contributed by atoms with Crippen molar-refractivity contribution in [2.45, 2.75) is 33.1 Å². The third-order valence-corrected chi connectivity index (χ3v) is 5.75. The van der Waals surface area contributed by atoms with E-state index in [1.54, 1.807) is 31.2 Å². The maximum Gasteiger partial charge on any atom is 0.305 e. The van der Waals surface area contributed by atoms with E-state index in [9.17, 15) is 24.5 Å². The standard InChI is InChI=1S/C25H23N5O6/c1-14-9-11-16(12-10-14)23(31)28-29-25(33)22-15(2)21-19(7-4-8-20(21)36-22)26-27-24(32)17-5-3-6-18(13-17)30(34)35/h3,5-6,9-13H,4,7-8H2,1-2H3,(H,27,32)(H,28,31)(H,29,33)/b26-19+. The third kappa shape index (κ3) is 5.14. The smallest absolute Gasteiger partial charge is 0.305 e. The van der Waals surface area contributed by atoms with Gasteiger partial charge in [-0.05, 0) is 44.9 Å². The summed E-state index contributed by atoms with van der Waals surface area (Å²) in [7, 11) is 0. The molecule has 1 heterocycles. The maximum atomic E-state index is 12.7. The van der Waals surface area contributed by atoms with Gasteiger partial charge in [-0.3, -0.25) is 35.3 Å². The summed E-state index contributed by atoms with van der Waals surface area (Å²) in [5, 5.41) is 15.2. The minimum atomic E-state index is -0.623. The summed E-state index contributed by atoms with van der Waals surface area (Å²) in [4.78, 5) is 47.9. The summed E-state index contributed by atoms with van der Waals surface area (Å²) in [5.74, 6) is -1.11. The van der Waals surface area contributed by atoms with Gasteiger partial charge < -0.3 is 4.42 Å². The molecular weight excluding hydrogens is 466 g/mol. The SMILES string of the molecule is Cc1ccc(C(=O)NNC(=O)c2oc3c(c2C)/C(=N/NC(=O)c2cccc([N+](=O)[O-])c2)CCC3)cc1. The van der Waals surface area contributed by atoms with E-state index >= 15 is 0 Å². The largest absolute Gasteiger partial charge is 0.455 e. The van der Waals surface area contributed by atoms with Crippen LogP contribution in [0.5, 0.6) is 0 Å². The van der Waals surface area contributed by atoms with Crippen LogP contribution < -0.4 is 16.3 Å². The average Bonchev–Trinajstić information content (AvgIpc) is 3.23. The number of nitro groups is 1. The first-order chi connectivity index (χ1) is 17.2. The van der Waals surface area contributed by atoms with Crippen LogP contribution in [0.3, 0.4) is 0 Å². The second-order valence-electron chi connectivity index (χ2n) is 8.29. The number of hydrogen-bond donors (Lipinski definition) is 3. The molecule has 0 bridgehead atoms. The molecule has 0 radical (unpaired) electrons. The number of benzene rings is 2. The number of nitro benzene ring substituents is 1. The van der Waals surface area contributed by atoms with Gasteiger partial charge in [-0.2, -0.15) is 5.10 Å². The van der Waals surface area contributed by atoms with E-state index in [0.717, 1.165) is 11.6 Å². The van der Waals surface area contributed by atoms with Crippen molar-refractivity contribution in [3.05, 3.63) is 98.0 Å². The van der Waals surface area contributed by atoms with Crippen molar-refractivity contribution < 1.29 is 23.7 Å². The number of nitrogens with zero attached hydrogens (tertiary/aromatic N) is 2. The molecule has 2 aromatic carbocycles. The van der Waals surface area contributed by atoms with Crippen LogP contribution in [0.1, 0.15) is 66.6 Å². The van der Waals surface area contributed by atoms with Gasteiger partial charge in [-0.1, -0.05) is 23.8 Å². The summed E-state index contributed by atoms with van der Waals surface area (Å²) >= 11 is 0. The van der Waals surface area contributed by atoms with E-state index in [4.69, 9.17) is 4.42 Å². The molecule has 0 spiro atoms. The lowest BCUT2D eigenvalue weighted by atomic mass is 9.93. The van der Waals surface area contributed by atoms with Gasteiger partial charge in [0.2, 0.25) is 0 Å². The van der Waals surface area contributed by atoms with Gasteiger partial charge in [-0.25, -0.2) is 5.43 Å². The molecule has 11 heteroatoms. The van der Waals surface area contributed by atoms with E-state index in [2.05, 4.69) is 21.4 Å². The first kappa shape index (κ1) is 24.3. The molecule has 36 heavy (non-hydrogen) atoms. The van der Waals surface area contributed by atoms with Crippen molar-refractivity contribution in [1.82, 2.24) is 16.3 Å². The minimum Gasteiger partial charge on any atom is -0.455 e. The van der Waals surface area contributed by atoms with Crippen molar-refractivity contribution in [1.29, 1.82) is 0 Å². The van der Waals surface area contributed by atoms with Crippen molar-refractivity contribution in [3.8, 4) is 0 Å². The molecule has 0 fully saturated rings. The Balaban J connectivity index is 1.48. The fourth-order valence-electron chi connectivity index (χ4n) is 3.89. The highest BCUT2D eigenvalue weighted by molar-refractivity contribution is 6.07. The lowest BCUT2D eigenvalue weighted by molar-refractivity contribution is -0.384. The summed E-state index contributed by atoms with van der Waals surface area (Å²) in [6.45, 7) is 3.60. The summed E-state index contributed by atoms with van der Waals surface area (Å²) < 4.78 is 5.78. The fraction of sp³-hybridized carbons (Fsp3) is 0.200. The number of rotatable bonds is 5. The Bertz CT molecular complexity index is 1390. The second kappa shape index (κ2) is 10.2. The summed E-state index contributed by atoms with van der Waals surface area (Å²) in [6, 6.07) is 12.2. The van der Waals surface area contributed by atoms with Gasteiger partial charge in [0.05, 0.1) is 10.6 Å². The van der Waals surface area contributed by atoms with Gasteiger partial charge in [0.15, 0.2) is 5.76 Å². The molecule has 4 rings (SSSR count). The van der Waals surface area contributed by atoms with Gasteiger partial charge in [0.25, 0.3) is 17.5 Å². The van der Waals surface area contributed by atoms with Crippen LogP contribution in [0, 0.1) is 24.0 Å². The van der Waals surface area contributed by atoms with E-state index in [1.165, 1.54) is 18.2 Å². The van der Waals surface area contributed by atoms with Gasteiger partial charge in [-0.15, -0.1) is 0 Å². The number of amides is 3. The lowest BCUT2D eigenvalue weighted by Crippen LogP contribution is -2.41. The van der Waals surface area contributed by atoms with Gasteiger partial charge in [0.1, 0.15) is 5.76 Å². The van der Waals surface area contributed by atoms with E-state index in [0.29, 0.717) is 47.4 Å². The van der Waals surface area contributed by atoms with E-state index in [-0.39, 0.29) is 17.0 Å². The minimum absolute atomic E-state index is 0.0313. The highest BCUT2D eigenvalue weighted by Gasteiger charge is 2.28. The van der Waals surface area contributed by atoms with Gasteiger partial charge >= 0.3 is 5.91 Å². The molecule has 3 N–H and O–H groups in total. The molecule has 3 aromatic rings. The Morgan fingerprint density at radius 1 is 0.944 bits per heavy atom. The number of hydrogen-bond acceptors (Lipinski definition) is 7. The number of nitrogens with one attached hydrogen (secondary N) is 3. The first-order valence-electron chi connectivity index (χ1n) is 11.2. The molecule has 0 saturated carbocycles. The molecule has 184 valence electrons. The molecule has 1 aromatic heterocycles. The zero-order chi connectivity index (χ0) is 25.8. The Morgan fingerprint density at radius 2 is 1.67 bits per heavy atom. The lowest BCUT2D eigenvalue weighted by Gasteiger charge is -2.13. The third-order valence-electron chi connectivity index (χ3n) is 5.75. The van der Waals surface area contributed by atoms with Crippen molar-refractivity contribution in [3.63, 3.8) is 0 Å². The monoisotopic (exact) mass is 489 g/mol. The van der Waals surface area contributed by atoms with Crippen molar-refractivity contribution in [2.75, 3.05) is 0 Å². The van der Waals surface area contributed by atoms with Gasteiger partial charge in [0, 0.05) is 40.8 Å². The molecule has 0 unspecified atom stereocenters. The Morgan fingerprint density at radius 3 is 2.39 bits per heavy atom. The number of carbonyl (C=O) groups is 3. The average molecular weight is 489 g/mol. The van der Waals surface area contributed by atoms with Crippen LogP contribution in [0.4, 0.5) is 5.69 Å². The highest BCUT2D eigenvalue weighted by Crippen LogP contribution is 2.29. The van der Waals surface area contributed by atoms with Crippen LogP contribution in [0.25, 0.3) is 0 Å². The zero-order valence-electron chi connectivity index (χ0n) is 19.6. The second-order valence-corrected chi connectivity index (χ2v) is 8.29. The number of furan rings is 1. The summed E-state index contributed by atoms with van der Waals surface area (Å²) in [6.07, 6.45) is 1.81. The number of aryl methyl sites for hydroxylation is 2. The molecular formula is C25H23N5O6. The van der Waals surface area contributed by atoms with Crippen LogP contribution in [0.15, 0.2) is 58.0 Å². The molecule has 3 amide bonds. The number of hydrazine groups is 1. The number of fused-ring (bicyclic) bond motifs is 1. The predicted octanol–water partition coefficient (Wildman–Crippen LogP) is 3.35. The number of carbonyl (C=O) groups excluding carboxylic acids is 3. The maximum absolute atomic E-state index is 12.7. The zero-order valence-corrected chi connectivity index (χ0v) is 19.6. The topological polar surface area (TPSA) is 156 Å². The molecule has 1 aliphatic carbocycles. The van der Waals surface area contributed by atoms with Crippen molar-refractivity contribution >= 4 is 29.1 Å². The molecule has 1 aliphatic rings. The molecule has 0 aliphatic heterocycles. The molecule has 0 atom stereocenters. The Kier molecular flexibility index (Phi) is 6.91. The van der Waals surface area contributed by atoms with E-state index in [1.807, 2.05) is 6.92 Å². The normalized spacial score (nSPS) is 13.6. The quantitative estimate of drug-likeness (QED) is 0.369. The van der Waals surface area contributed by atoms with Crippen LogP contribution in [-0.4, -0.2) is 28.4 Å². The van der Waals surface area contributed by atoms with Crippen LogP contribution >= 0.6 is 0 Å². The molecule has 0 saturated heterocycles. The molecule has 11 nitrogen and oxygen atoms in total. The summed E-state index contributed by atoms with van der Waals surface area (Å²) in [5.41, 5.74) is 10.1. The fourth-order valence-corrected chi connectivity index (χ4v) is 3.89. The first-order valence-corrected chi connectivity index (χ1v) is 11.2.